The summed E-state index contributed by atoms with van der Waals surface area (Å²) in [4.78, 5) is 15.1. The molecule has 5 heteroatoms. The zero-order chi connectivity index (χ0) is 17.4. The number of benzene rings is 1. The summed E-state index contributed by atoms with van der Waals surface area (Å²) in [5.74, 6) is 0.633. The molecule has 0 radical (unpaired) electrons. The summed E-state index contributed by atoms with van der Waals surface area (Å²) in [5, 5.41) is 13.3. The third kappa shape index (κ3) is 3.27. The number of piperidine rings is 1. The largest absolute Gasteiger partial charge is 0.487 e. The number of para-hydroxylation sites is 1. The van der Waals surface area contributed by atoms with Crippen LogP contribution >= 0.6 is 0 Å². The van der Waals surface area contributed by atoms with Crippen LogP contribution in [0.4, 0.5) is 0 Å². The van der Waals surface area contributed by atoms with Crippen LogP contribution < -0.4 is 10.1 Å². The van der Waals surface area contributed by atoms with E-state index in [-0.39, 0.29) is 23.5 Å². The molecule has 1 aromatic rings. The van der Waals surface area contributed by atoms with E-state index in [0.29, 0.717) is 0 Å². The summed E-state index contributed by atoms with van der Waals surface area (Å²) in [6.07, 6.45) is 4.73. The van der Waals surface area contributed by atoms with Crippen LogP contribution in [0.5, 0.6) is 5.75 Å². The maximum absolute atomic E-state index is 12.7. The minimum Gasteiger partial charge on any atom is -0.487 e. The van der Waals surface area contributed by atoms with Gasteiger partial charge in [-0.1, -0.05) is 18.2 Å². The normalized spacial score (nSPS) is 31.4. The molecule has 0 aromatic heterocycles. The predicted octanol–water partition coefficient (Wildman–Crippen LogP) is 2.25. The molecule has 2 N–H and O–H groups in total. The molecule has 1 saturated heterocycles. The molecule has 2 fully saturated rings. The zero-order valence-electron chi connectivity index (χ0n) is 14.9. The minimum absolute atomic E-state index is 0.00483. The maximum Gasteiger partial charge on any atom is 0.226 e. The molecular formula is C20H28N2O3. The Morgan fingerprint density at radius 2 is 2.04 bits per heavy atom. The van der Waals surface area contributed by atoms with E-state index in [1.165, 1.54) is 0 Å². The van der Waals surface area contributed by atoms with E-state index in [9.17, 15) is 9.90 Å². The lowest BCUT2D eigenvalue weighted by Gasteiger charge is -2.46. The minimum atomic E-state index is -0.493. The number of nitrogens with one attached hydrogen (secondary N) is 1. The lowest BCUT2D eigenvalue weighted by atomic mass is 9.80. The van der Waals surface area contributed by atoms with E-state index in [0.717, 1.165) is 62.9 Å². The molecule has 1 spiro atoms. The van der Waals surface area contributed by atoms with Crippen molar-refractivity contribution in [2.75, 3.05) is 20.1 Å². The molecule has 3 atom stereocenters. The molecule has 1 aliphatic carbocycles. The van der Waals surface area contributed by atoms with Gasteiger partial charge in [0.2, 0.25) is 5.91 Å². The second-order valence-electron chi connectivity index (χ2n) is 8.00. The Bertz CT molecular complexity index is 640. The molecule has 25 heavy (non-hydrogen) atoms. The second kappa shape index (κ2) is 6.61. The van der Waals surface area contributed by atoms with Crippen LogP contribution in [0.25, 0.3) is 0 Å². The van der Waals surface area contributed by atoms with Crippen molar-refractivity contribution < 1.29 is 14.6 Å². The van der Waals surface area contributed by atoms with E-state index >= 15 is 0 Å². The summed E-state index contributed by atoms with van der Waals surface area (Å²) >= 11 is 0. The SMILES string of the molecule is CN1CCC2(CC1)CC(NC(=O)C1CCCC1O)c1ccccc1O2. The number of ether oxygens (including phenoxy) is 1. The smallest absolute Gasteiger partial charge is 0.226 e. The van der Waals surface area contributed by atoms with Gasteiger partial charge in [-0.2, -0.15) is 0 Å². The van der Waals surface area contributed by atoms with Gasteiger partial charge in [-0.3, -0.25) is 4.79 Å². The molecule has 4 rings (SSSR count). The van der Waals surface area contributed by atoms with Crippen molar-refractivity contribution in [1.82, 2.24) is 10.2 Å². The summed E-state index contributed by atoms with van der Waals surface area (Å²) < 4.78 is 6.44. The van der Waals surface area contributed by atoms with E-state index in [4.69, 9.17) is 4.74 Å². The van der Waals surface area contributed by atoms with Crippen LogP contribution in [0, 0.1) is 5.92 Å². The third-order valence-electron chi connectivity index (χ3n) is 6.23. The number of fused-ring (bicyclic) bond motifs is 1. The summed E-state index contributed by atoms with van der Waals surface area (Å²) in [5.41, 5.74) is 0.875. The van der Waals surface area contributed by atoms with Crippen LogP contribution in [-0.4, -0.2) is 47.8 Å². The molecule has 2 aliphatic heterocycles. The van der Waals surface area contributed by atoms with Crippen molar-refractivity contribution >= 4 is 5.91 Å². The Morgan fingerprint density at radius 3 is 2.76 bits per heavy atom. The van der Waals surface area contributed by atoms with Crippen LogP contribution in [0.1, 0.15) is 50.1 Å². The Kier molecular flexibility index (Phi) is 4.46. The van der Waals surface area contributed by atoms with Gasteiger partial charge in [0.25, 0.3) is 0 Å². The Balaban J connectivity index is 1.56. The molecule has 5 nitrogen and oxygen atoms in total. The highest BCUT2D eigenvalue weighted by Crippen LogP contribution is 2.44. The number of aliphatic hydroxyl groups is 1. The van der Waals surface area contributed by atoms with E-state index in [1.54, 1.807) is 0 Å². The fourth-order valence-corrected chi connectivity index (χ4v) is 4.60. The summed E-state index contributed by atoms with van der Waals surface area (Å²) in [6, 6.07) is 8.02. The Morgan fingerprint density at radius 1 is 1.28 bits per heavy atom. The topological polar surface area (TPSA) is 61.8 Å². The van der Waals surface area contributed by atoms with Gasteiger partial charge in [0.15, 0.2) is 0 Å². The van der Waals surface area contributed by atoms with Crippen molar-refractivity contribution in [3.8, 4) is 5.75 Å². The van der Waals surface area contributed by atoms with Gasteiger partial charge in [0.1, 0.15) is 11.4 Å². The van der Waals surface area contributed by atoms with Crippen molar-refractivity contribution in [3.05, 3.63) is 29.8 Å². The number of carbonyl (C=O) groups is 1. The maximum atomic E-state index is 12.7. The fourth-order valence-electron chi connectivity index (χ4n) is 4.60. The van der Waals surface area contributed by atoms with Gasteiger partial charge < -0.3 is 20.1 Å². The van der Waals surface area contributed by atoms with Gasteiger partial charge in [0.05, 0.1) is 18.1 Å². The average molecular weight is 344 g/mol. The molecule has 2 heterocycles. The lowest BCUT2D eigenvalue weighted by molar-refractivity contribution is -0.129. The van der Waals surface area contributed by atoms with E-state index < -0.39 is 6.10 Å². The molecule has 1 aromatic carbocycles. The number of likely N-dealkylation sites (tertiary alicyclic amines) is 1. The number of hydrogen-bond acceptors (Lipinski definition) is 4. The van der Waals surface area contributed by atoms with E-state index in [2.05, 4.69) is 17.3 Å². The van der Waals surface area contributed by atoms with Crippen LogP contribution in [0.3, 0.4) is 0 Å². The zero-order valence-corrected chi connectivity index (χ0v) is 14.9. The first-order chi connectivity index (χ1) is 12.1. The third-order valence-corrected chi connectivity index (χ3v) is 6.23. The number of hydrogen-bond donors (Lipinski definition) is 2. The standard InChI is InChI=1S/C20H28N2O3/c1-22-11-9-20(10-12-22)13-16(14-5-2-3-8-18(14)25-20)21-19(24)15-6-4-7-17(15)23/h2-3,5,8,15-17,23H,4,6-7,9-13H2,1H3,(H,21,24). The second-order valence-corrected chi connectivity index (χ2v) is 8.00. The van der Waals surface area contributed by atoms with Gasteiger partial charge in [-0.05, 0) is 45.2 Å². The fraction of sp³-hybridized carbons (Fsp3) is 0.650. The summed E-state index contributed by atoms with van der Waals surface area (Å²) in [7, 11) is 2.14. The Labute approximate surface area is 149 Å². The van der Waals surface area contributed by atoms with Crippen molar-refractivity contribution in [1.29, 1.82) is 0 Å². The first-order valence-electron chi connectivity index (χ1n) is 9.51. The predicted molar refractivity (Wildman–Crippen MR) is 95.4 cm³/mol. The van der Waals surface area contributed by atoms with Gasteiger partial charge in [0, 0.05) is 25.1 Å². The van der Waals surface area contributed by atoms with Gasteiger partial charge in [-0.25, -0.2) is 0 Å². The molecule has 1 saturated carbocycles. The molecule has 3 aliphatic rings. The lowest BCUT2D eigenvalue weighted by Crippen LogP contribution is -2.52. The highest BCUT2D eigenvalue weighted by atomic mass is 16.5. The van der Waals surface area contributed by atoms with Gasteiger partial charge in [-0.15, -0.1) is 0 Å². The monoisotopic (exact) mass is 344 g/mol. The highest BCUT2D eigenvalue weighted by Gasteiger charge is 2.44. The van der Waals surface area contributed by atoms with Crippen molar-refractivity contribution in [2.45, 2.75) is 56.3 Å². The number of rotatable bonds is 2. The first-order valence-corrected chi connectivity index (χ1v) is 9.51. The molecule has 136 valence electrons. The average Bonchev–Trinajstić information content (AvgIpc) is 3.04. The highest BCUT2D eigenvalue weighted by molar-refractivity contribution is 5.80. The molecule has 0 bridgehead atoms. The number of nitrogens with zero attached hydrogens (tertiary/aromatic N) is 1. The number of aliphatic hydroxyl groups excluding tert-OH is 1. The first kappa shape index (κ1) is 16.9. The number of amides is 1. The van der Waals surface area contributed by atoms with Crippen LogP contribution in [-0.2, 0) is 4.79 Å². The quantitative estimate of drug-likeness (QED) is 0.864. The number of carbonyl (C=O) groups excluding carboxylic acids is 1. The Hall–Kier alpha value is -1.59. The van der Waals surface area contributed by atoms with Crippen molar-refractivity contribution in [2.24, 2.45) is 5.92 Å². The molecule has 3 unspecified atom stereocenters. The van der Waals surface area contributed by atoms with Crippen LogP contribution in [0.2, 0.25) is 0 Å². The van der Waals surface area contributed by atoms with Gasteiger partial charge >= 0.3 is 0 Å². The molecular weight excluding hydrogens is 316 g/mol. The van der Waals surface area contributed by atoms with E-state index in [1.807, 2.05) is 24.3 Å². The molecule has 1 amide bonds. The summed E-state index contributed by atoms with van der Waals surface area (Å²) in [6.45, 7) is 2.04. The van der Waals surface area contributed by atoms with Crippen molar-refractivity contribution in [3.63, 3.8) is 0 Å². The van der Waals surface area contributed by atoms with Crippen LogP contribution in [0.15, 0.2) is 24.3 Å².